The first-order valence-corrected chi connectivity index (χ1v) is 5.73. The molecule has 1 aliphatic heterocycles. The lowest BCUT2D eigenvalue weighted by molar-refractivity contribution is 0.188. The fourth-order valence-corrected chi connectivity index (χ4v) is 1.99. The second-order valence-electron chi connectivity index (χ2n) is 4.00. The molecule has 1 aromatic rings. The van der Waals surface area contributed by atoms with Crippen LogP contribution in [0.15, 0.2) is 24.3 Å². The standard InChI is InChI=1S/C12H16ClNO/c1-9(14-12-6-7-15-8-12)10-2-4-11(13)5-3-10/h2-5,9,12,14H,6-8H2,1H3/t9-,12?/m1/s1. The van der Waals surface area contributed by atoms with Gasteiger partial charge in [0.25, 0.3) is 0 Å². The van der Waals surface area contributed by atoms with Gasteiger partial charge in [0.05, 0.1) is 6.61 Å². The van der Waals surface area contributed by atoms with Gasteiger partial charge in [0.1, 0.15) is 0 Å². The Balaban J connectivity index is 1.94. The van der Waals surface area contributed by atoms with Crippen LogP contribution in [0.3, 0.4) is 0 Å². The summed E-state index contributed by atoms with van der Waals surface area (Å²) in [6, 6.07) is 8.84. The van der Waals surface area contributed by atoms with Gasteiger partial charge in [-0.25, -0.2) is 0 Å². The first-order chi connectivity index (χ1) is 7.25. The molecule has 0 spiro atoms. The Hall–Kier alpha value is -0.570. The van der Waals surface area contributed by atoms with Crippen molar-refractivity contribution in [2.75, 3.05) is 13.2 Å². The van der Waals surface area contributed by atoms with Crippen LogP contribution >= 0.6 is 11.6 Å². The highest BCUT2D eigenvalue weighted by atomic mass is 35.5. The smallest absolute Gasteiger partial charge is 0.0620 e. The average Bonchev–Trinajstić information content (AvgIpc) is 2.71. The van der Waals surface area contributed by atoms with E-state index in [0.717, 1.165) is 24.7 Å². The largest absolute Gasteiger partial charge is 0.380 e. The van der Waals surface area contributed by atoms with Gasteiger partial charge in [-0.1, -0.05) is 23.7 Å². The van der Waals surface area contributed by atoms with E-state index in [1.807, 2.05) is 12.1 Å². The molecule has 0 aliphatic carbocycles. The molecule has 0 amide bonds. The highest BCUT2D eigenvalue weighted by Gasteiger charge is 2.17. The molecule has 0 radical (unpaired) electrons. The van der Waals surface area contributed by atoms with Crippen LogP contribution in [0.5, 0.6) is 0 Å². The van der Waals surface area contributed by atoms with Gasteiger partial charge in [0.15, 0.2) is 0 Å². The number of nitrogens with one attached hydrogen (secondary N) is 1. The third-order valence-corrected chi connectivity index (χ3v) is 3.04. The lowest BCUT2D eigenvalue weighted by Crippen LogP contribution is -2.31. The van der Waals surface area contributed by atoms with Crippen molar-refractivity contribution in [1.82, 2.24) is 5.32 Å². The van der Waals surface area contributed by atoms with Crippen LogP contribution in [-0.4, -0.2) is 19.3 Å². The number of halogens is 1. The van der Waals surface area contributed by atoms with Crippen molar-refractivity contribution < 1.29 is 4.74 Å². The monoisotopic (exact) mass is 225 g/mol. The van der Waals surface area contributed by atoms with E-state index in [9.17, 15) is 0 Å². The molecule has 1 heterocycles. The van der Waals surface area contributed by atoms with Crippen molar-refractivity contribution in [2.45, 2.75) is 25.4 Å². The summed E-state index contributed by atoms with van der Waals surface area (Å²) >= 11 is 5.85. The Morgan fingerprint density at radius 2 is 2.13 bits per heavy atom. The minimum Gasteiger partial charge on any atom is -0.380 e. The molecule has 0 bridgehead atoms. The van der Waals surface area contributed by atoms with Crippen molar-refractivity contribution in [3.05, 3.63) is 34.9 Å². The van der Waals surface area contributed by atoms with E-state index in [1.54, 1.807) is 0 Å². The summed E-state index contributed by atoms with van der Waals surface area (Å²) < 4.78 is 5.33. The Bertz CT molecular complexity index is 306. The Morgan fingerprint density at radius 1 is 1.40 bits per heavy atom. The molecule has 0 aromatic heterocycles. The average molecular weight is 226 g/mol. The molecule has 1 saturated heterocycles. The van der Waals surface area contributed by atoms with E-state index in [0.29, 0.717) is 12.1 Å². The molecular weight excluding hydrogens is 210 g/mol. The molecule has 1 N–H and O–H groups in total. The molecular formula is C12H16ClNO. The van der Waals surface area contributed by atoms with Crippen LogP contribution < -0.4 is 5.32 Å². The van der Waals surface area contributed by atoms with Crippen molar-refractivity contribution in [3.8, 4) is 0 Å². The molecule has 2 rings (SSSR count). The quantitative estimate of drug-likeness (QED) is 0.854. The first kappa shape index (κ1) is 10.9. The second-order valence-corrected chi connectivity index (χ2v) is 4.44. The molecule has 1 unspecified atom stereocenters. The summed E-state index contributed by atoms with van der Waals surface area (Å²) in [4.78, 5) is 0. The van der Waals surface area contributed by atoms with Crippen molar-refractivity contribution in [2.24, 2.45) is 0 Å². The van der Waals surface area contributed by atoms with Gasteiger partial charge in [-0.05, 0) is 31.0 Å². The van der Waals surface area contributed by atoms with Gasteiger partial charge in [-0.3, -0.25) is 0 Å². The van der Waals surface area contributed by atoms with Gasteiger partial charge in [0.2, 0.25) is 0 Å². The molecule has 0 saturated carbocycles. The molecule has 1 fully saturated rings. The normalized spacial score (nSPS) is 22.9. The SMILES string of the molecule is C[C@@H](NC1CCOC1)c1ccc(Cl)cc1. The molecule has 15 heavy (non-hydrogen) atoms. The predicted octanol–water partition coefficient (Wildman–Crippen LogP) is 2.78. The third kappa shape index (κ3) is 2.94. The maximum absolute atomic E-state index is 5.85. The number of rotatable bonds is 3. The summed E-state index contributed by atoms with van der Waals surface area (Å²) in [7, 11) is 0. The number of ether oxygens (including phenoxy) is 1. The minimum atomic E-state index is 0.356. The maximum atomic E-state index is 5.85. The number of benzene rings is 1. The van der Waals surface area contributed by atoms with E-state index in [2.05, 4.69) is 24.4 Å². The Kier molecular flexibility index (Phi) is 3.62. The summed E-state index contributed by atoms with van der Waals surface area (Å²) in [6.07, 6.45) is 1.11. The van der Waals surface area contributed by atoms with Gasteiger partial charge in [-0.15, -0.1) is 0 Å². The zero-order valence-electron chi connectivity index (χ0n) is 8.87. The summed E-state index contributed by atoms with van der Waals surface area (Å²) in [5.74, 6) is 0. The first-order valence-electron chi connectivity index (χ1n) is 5.35. The van der Waals surface area contributed by atoms with Crippen LogP contribution in [0, 0.1) is 0 Å². The fraction of sp³-hybridized carbons (Fsp3) is 0.500. The number of hydrogen-bond acceptors (Lipinski definition) is 2. The van der Waals surface area contributed by atoms with Gasteiger partial charge < -0.3 is 10.1 Å². The van der Waals surface area contributed by atoms with Gasteiger partial charge in [0, 0.05) is 23.7 Å². The lowest BCUT2D eigenvalue weighted by Gasteiger charge is -2.18. The van der Waals surface area contributed by atoms with Crippen molar-refractivity contribution in [3.63, 3.8) is 0 Å². The molecule has 82 valence electrons. The maximum Gasteiger partial charge on any atom is 0.0620 e. The zero-order valence-corrected chi connectivity index (χ0v) is 9.63. The van der Waals surface area contributed by atoms with E-state index in [-0.39, 0.29) is 0 Å². The number of hydrogen-bond donors (Lipinski definition) is 1. The van der Waals surface area contributed by atoms with Crippen LogP contribution in [0.2, 0.25) is 5.02 Å². The van der Waals surface area contributed by atoms with E-state index in [1.165, 1.54) is 5.56 Å². The van der Waals surface area contributed by atoms with Crippen LogP contribution in [0.1, 0.15) is 24.9 Å². The molecule has 3 heteroatoms. The zero-order chi connectivity index (χ0) is 10.7. The van der Waals surface area contributed by atoms with Gasteiger partial charge >= 0.3 is 0 Å². The topological polar surface area (TPSA) is 21.3 Å². The van der Waals surface area contributed by atoms with Crippen molar-refractivity contribution >= 4 is 11.6 Å². The predicted molar refractivity (Wildman–Crippen MR) is 62.2 cm³/mol. The molecule has 2 nitrogen and oxygen atoms in total. The molecule has 1 aromatic carbocycles. The molecule has 2 atom stereocenters. The van der Waals surface area contributed by atoms with Crippen LogP contribution in [0.25, 0.3) is 0 Å². The van der Waals surface area contributed by atoms with E-state index >= 15 is 0 Å². The highest BCUT2D eigenvalue weighted by molar-refractivity contribution is 6.30. The van der Waals surface area contributed by atoms with Crippen LogP contribution in [-0.2, 0) is 4.74 Å². The van der Waals surface area contributed by atoms with E-state index in [4.69, 9.17) is 16.3 Å². The molecule has 1 aliphatic rings. The second kappa shape index (κ2) is 4.97. The summed E-state index contributed by atoms with van der Waals surface area (Å²) in [5, 5.41) is 4.33. The Labute approximate surface area is 95.6 Å². The Morgan fingerprint density at radius 3 is 2.73 bits per heavy atom. The van der Waals surface area contributed by atoms with Crippen LogP contribution in [0.4, 0.5) is 0 Å². The highest BCUT2D eigenvalue weighted by Crippen LogP contribution is 2.18. The van der Waals surface area contributed by atoms with Crippen molar-refractivity contribution in [1.29, 1.82) is 0 Å². The summed E-state index contributed by atoms with van der Waals surface area (Å²) in [5.41, 5.74) is 1.27. The third-order valence-electron chi connectivity index (χ3n) is 2.79. The summed E-state index contributed by atoms with van der Waals surface area (Å²) in [6.45, 7) is 3.88. The lowest BCUT2D eigenvalue weighted by atomic mass is 10.1. The van der Waals surface area contributed by atoms with E-state index < -0.39 is 0 Å². The minimum absolute atomic E-state index is 0.356. The van der Waals surface area contributed by atoms with Gasteiger partial charge in [-0.2, -0.15) is 0 Å². The fourth-order valence-electron chi connectivity index (χ4n) is 1.87.